The number of nitro groups is 1. The second kappa shape index (κ2) is 13.8. The summed E-state index contributed by atoms with van der Waals surface area (Å²) in [7, 11) is -1.80. The third-order valence-electron chi connectivity index (χ3n) is 4.04. The number of hydrogen-bond donors (Lipinski definition) is 1. The number of nitrogens with zero attached hydrogens (tertiary/aromatic N) is 1. The van der Waals surface area contributed by atoms with Gasteiger partial charge in [-0.15, -0.1) is 0 Å². The van der Waals surface area contributed by atoms with Crippen LogP contribution in [0.15, 0.2) is 84.9 Å². The Morgan fingerprint density at radius 3 is 1.97 bits per heavy atom. The summed E-state index contributed by atoms with van der Waals surface area (Å²) in [4.78, 5) is 22.8. The molecule has 1 N–H and O–H groups in total. The molecular formula is C24H27N2O6P. The third kappa shape index (κ3) is 8.88. The first-order chi connectivity index (χ1) is 16.0. The zero-order valence-corrected chi connectivity index (χ0v) is 19.6. The van der Waals surface area contributed by atoms with E-state index in [9.17, 15) is 14.9 Å². The molecule has 0 amide bonds. The number of carbonyl (C=O) groups is 1. The lowest BCUT2D eigenvalue weighted by molar-refractivity contribution is -0.384. The Morgan fingerprint density at radius 2 is 1.42 bits per heavy atom. The molecular weight excluding hydrogens is 443 g/mol. The van der Waals surface area contributed by atoms with Crippen LogP contribution in [-0.2, 0) is 16.1 Å². The average Bonchev–Trinajstić information content (AvgIpc) is 2.85. The monoisotopic (exact) mass is 470 g/mol. The van der Waals surface area contributed by atoms with Gasteiger partial charge in [-0.2, -0.15) is 0 Å². The summed E-state index contributed by atoms with van der Waals surface area (Å²) in [6.07, 6.45) is 0. The SMILES string of the molecule is CC.CC(NP(Oc1ccccc1)Oc1ccc([N+](=O)[O-])cc1)C(=O)OCc1ccccc1. The fourth-order valence-electron chi connectivity index (χ4n) is 2.44. The molecule has 0 radical (unpaired) electrons. The van der Waals surface area contributed by atoms with Gasteiger partial charge in [0.05, 0.1) is 4.92 Å². The van der Waals surface area contributed by atoms with E-state index in [-0.39, 0.29) is 12.3 Å². The van der Waals surface area contributed by atoms with Crippen molar-refractivity contribution in [3.8, 4) is 11.5 Å². The summed E-state index contributed by atoms with van der Waals surface area (Å²) in [5.74, 6) is 0.457. The van der Waals surface area contributed by atoms with Crippen molar-refractivity contribution in [1.29, 1.82) is 0 Å². The van der Waals surface area contributed by atoms with Gasteiger partial charge in [0, 0.05) is 12.1 Å². The van der Waals surface area contributed by atoms with Gasteiger partial charge in [-0.05, 0) is 36.8 Å². The van der Waals surface area contributed by atoms with Crippen LogP contribution in [0.4, 0.5) is 5.69 Å². The zero-order valence-electron chi connectivity index (χ0n) is 18.7. The molecule has 0 aromatic heterocycles. The van der Waals surface area contributed by atoms with E-state index in [1.54, 1.807) is 19.1 Å². The number of non-ortho nitro benzene ring substituents is 1. The highest BCUT2D eigenvalue weighted by atomic mass is 31.2. The second-order valence-corrected chi connectivity index (χ2v) is 7.59. The van der Waals surface area contributed by atoms with E-state index in [0.717, 1.165) is 5.56 Å². The first kappa shape index (κ1) is 25.8. The maximum Gasteiger partial charge on any atom is 0.382 e. The molecule has 0 heterocycles. The Balaban J connectivity index is 0.00000187. The maximum absolute atomic E-state index is 12.4. The third-order valence-corrected chi connectivity index (χ3v) is 5.40. The number of carbonyl (C=O) groups excluding carboxylic acids is 1. The van der Waals surface area contributed by atoms with Crippen LogP contribution in [0.3, 0.4) is 0 Å². The molecule has 3 rings (SSSR count). The fraction of sp³-hybridized carbons (Fsp3) is 0.208. The highest BCUT2D eigenvalue weighted by Gasteiger charge is 2.24. The lowest BCUT2D eigenvalue weighted by Gasteiger charge is -2.22. The van der Waals surface area contributed by atoms with Crippen LogP contribution >= 0.6 is 8.53 Å². The van der Waals surface area contributed by atoms with Gasteiger partial charge in [0.1, 0.15) is 24.1 Å². The number of esters is 1. The van der Waals surface area contributed by atoms with Crippen molar-refractivity contribution in [2.24, 2.45) is 0 Å². The largest absolute Gasteiger partial charge is 0.460 e. The van der Waals surface area contributed by atoms with Gasteiger partial charge in [0.15, 0.2) is 0 Å². The highest BCUT2D eigenvalue weighted by molar-refractivity contribution is 7.45. The van der Waals surface area contributed by atoms with Crippen molar-refractivity contribution >= 4 is 20.2 Å². The summed E-state index contributed by atoms with van der Waals surface area (Å²) in [6.45, 7) is 5.81. The second-order valence-electron chi connectivity index (χ2n) is 6.45. The molecule has 0 aliphatic carbocycles. The van der Waals surface area contributed by atoms with Crippen LogP contribution < -0.4 is 14.1 Å². The highest BCUT2D eigenvalue weighted by Crippen LogP contribution is 2.37. The molecule has 174 valence electrons. The number of ether oxygens (including phenoxy) is 1. The van der Waals surface area contributed by atoms with E-state index in [4.69, 9.17) is 13.8 Å². The summed E-state index contributed by atoms with van der Waals surface area (Å²) < 4.78 is 17.1. The van der Waals surface area contributed by atoms with Crippen LogP contribution in [-0.4, -0.2) is 16.9 Å². The van der Waals surface area contributed by atoms with E-state index in [2.05, 4.69) is 5.09 Å². The molecule has 0 saturated carbocycles. The molecule has 0 aliphatic rings. The number of rotatable bonds is 10. The normalized spacial score (nSPS) is 11.8. The van der Waals surface area contributed by atoms with Crippen molar-refractivity contribution in [2.75, 3.05) is 0 Å². The van der Waals surface area contributed by atoms with Crippen LogP contribution in [0, 0.1) is 10.1 Å². The van der Waals surface area contributed by atoms with Crippen LogP contribution in [0.25, 0.3) is 0 Å². The average molecular weight is 470 g/mol. The van der Waals surface area contributed by atoms with E-state index in [1.807, 2.05) is 62.4 Å². The molecule has 9 heteroatoms. The van der Waals surface area contributed by atoms with Gasteiger partial charge in [-0.25, -0.2) is 5.09 Å². The lowest BCUT2D eigenvalue weighted by Crippen LogP contribution is -2.34. The number of para-hydroxylation sites is 1. The topological polar surface area (TPSA) is 99.9 Å². The fourth-order valence-corrected chi connectivity index (χ4v) is 3.63. The molecule has 2 atom stereocenters. The van der Waals surface area contributed by atoms with E-state index < -0.39 is 25.5 Å². The number of nitrogens with one attached hydrogen (secondary N) is 1. The first-order valence-corrected chi connectivity index (χ1v) is 11.6. The van der Waals surface area contributed by atoms with E-state index in [0.29, 0.717) is 11.5 Å². The van der Waals surface area contributed by atoms with Gasteiger partial charge >= 0.3 is 14.5 Å². The Hall–Kier alpha value is -3.48. The molecule has 2 unspecified atom stereocenters. The molecule has 0 fully saturated rings. The van der Waals surface area contributed by atoms with Gasteiger partial charge < -0.3 is 13.8 Å². The minimum absolute atomic E-state index is 0.0496. The van der Waals surface area contributed by atoms with Crippen molar-refractivity contribution in [3.63, 3.8) is 0 Å². The lowest BCUT2D eigenvalue weighted by atomic mass is 10.2. The summed E-state index contributed by atoms with van der Waals surface area (Å²) in [5.41, 5.74) is 0.833. The predicted octanol–water partition coefficient (Wildman–Crippen LogP) is 6.03. The number of benzene rings is 3. The Morgan fingerprint density at radius 1 is 0.909 bits per heavy atom. The summed E-state index contributed by atoms with van der Waals surface area (Å²) in [5, 5.41) is 13.8. The van der Waals surface area contributed by atoms with Crippen molar-refractivity contribution in [3.05, 3.63) is 101 Å². The Kier molecular flexibility index (Phi) is 10.8. The smallest absolute Gasteiger partial charge is 0.382 e. The number of nitro benzene ring substituents is 1. The zero-order chi connectivity index (χ0) is 24.1. The Bertz CT molecular complexity index is 987. The van der Waals surface area contributed by atoms with Crippen LogP contribution in [0.1, 0.15) is 26.3 Å². The minimum Gasteiger partial charge on any atom is -0.460 e. The van der Waals surface area contributed by atoms with Crippen molar-refractivity contribution in [2.45, 2.75) is 33.4 Å². The van der Waals surface area contributed by atoms with Gasteiger partial charge in [0.25, 0.3) is 5.69 Å². The van der Waals surface area contributed by atoms with Crippen molar-refractivity contribution < 1.29 is 23.5 Å². The van der Waals surface area contributed by atoms with Crippen LogP contribution in [0.5, 0.6) is 11.5 Å². The standard InChI is InChI=1S/C22H21N2O6P.C2H6/c1-17(22(25)28-16-18-8-4-2-5-9-18)23-31(29-20-10-6-3-7-11-20)30-21-14-12-19(13-15-21)24(26)27;1-2/h2-15,17,23H,16H2,1H3;1-2H3. The maximum atomic E-state index is 12.4. The van der Waals surface area contributed by atoms with Crippen molar-refractivity contribution in [1.82, 2.24) is 5.09 Å². The van der Waals surface area contributed by atoms with Gasteiger partial charge in [0.2, 0.25) is 0 Å². The Labute approximate surface area is 194 Å². The summed E-state index contributed by atoms with van der Waals surface area (Å²) >= 11 is 0. The molecule has 3 aromatic rings. The number of hydrogen-bond acceptors (Lipinski definition) is 7. The van der Waals surface area contributed by atoms with Crippen LogP contribution in [0.2, 0.25) is 0 Å². The minimum atomic E-state index is -1.80. The summed E-state index contributed by atoms with van der Waals surface area (Å²) in [6, 6.07) is 23.3. The molecule has 0 saturated heterocycles. The molecule has 33 heavy (non-hydrogen) atoms. The molecule has 0 bridgehead atoms. The molecule has 0 spiro atoms. The van der Waals surface area contributed by atoms with E-state index >= 15 is 0 Å². The van der Waals surface area contributed by atoms with Gasteiger partial charge in [-0.3, -0.25) is 14.9 Å². The first-order valence-electron chi connectivity index (χ1n) is 10.4. The quantitative estimate of drug-likeness (QED) is 0.167. The molecule has 8 nitrogen and oxygen atoms in total. The van der Waals surface area contributed by atoms with E-state index in [1.165, 1.54) is 24.3 Å². The predicted molar refractivity (Wildman–Crippen MR) is 128 cm³/mol. The van der Waals surface area contributed by atoms with Gasteiger partial charge in [-0.1, -0.05) is 62.4 Å². The molecule has 0 aliphatic heterocycles. The molecule has 3 aromatic carbocycles.